The third-order valence-corrected chi connectivity index (χ3v) is 17.0. The highest BCUT2D eigenvalue weighted by Crippen LogP contribution is 2.75. The van der Waals surface area contributed by atoms with E-state index < -0.39 is 82.6 Å². The van der Waals surface area contributed by atoms with Crippen LogP contribution in [0.2, 0.25) is 0 Å². The van der Waals surface area contributed by atoms with Gasteiger partial charge >= 0.3 is 5.97 Å². The first-order chi connectivity index (χ1) is 35.0. The van der Waals surface area contributed by atoms with Crippen molar-refractivity contribution >= 4 is 35.0 Å². The van der Waals surface area contributed by atoms with Gasteiger partial charge in [0.05, 0.1) is 41.8 Å². The number of carbonyl (C=O) groups is 3. The number of hydrogen-bond donors (Lipinski definition) is 3. The zero-order chi connectivity index (χ0) is 52.8. The molecule has 6 heterocycles. The molecule has 10 aliphatic rings. The molecule has 3 saturated carbocycles. The Labute approximate surface area is 433 Å². The SMILES string of the molecule is COC(=O)/C(C)=C\CC12OC(C)(C)C3CC(C1=O)C1C4=C(c5ccccc5C4=O)N(CCN)C4=C1C32Oc1c(CC=C(C)C)c2c(c(O[C@@H]3O[C@@H]5COC(C)(C)O[C@H]5[C@H](O)[C@H]3O)c14)C=CC(C)(CCC=C(C)C)O2. The fourth-order valence-corrected chi connectivity index (χ4v) is 13.8. The van der Waals surface area contributed by atoms with E-state index in [1.54, 1.807) is 26.8 Å². The van der Waals surface area contributed by atoms with Gasteiger partial charge in [0.1, 0.15) is 47.3 Å². The number of fused-ring (bicyclic) bond motifs is 6. The number of benzene rings is 2. The van der Waals surface area contributed by atoms with Crippen molar-refractivity contribution in [2.45, 2.75) is 160 Å². The van der Waals surface area contributed by atoms with Gasteiger partial charge in [0.15, 0.2) is 28.6 Å². The molecule has 6 unspecified atom stereocenters. The van der Waals surface area contributed by atoms with E-state index in [-0.39, 0.29) is 43.4 Å². The number of ether oxygens (including phenoxy) is 8. The summed E-state index contributed by atoms with van der Waals surface area (Å²) in [6, 6.07) is 7.53. The summed E-state index contributed by atoms with van der Waals surface area (Å²) in [7, 11) is 1.32. The predicted molar refractivity (Wildman–Crippen MR) is 275 cm³/mol. The molecule has 4 bridgehead atoms. The number of ketones is 2. The third-order valence-electron chi connectivity index (χ3n) is 17.0. The maximum Gasteiger partial charge on any atom is 0.333 e. The van der Waals surface area contributed by atoms with Crippen molar-refractivity contribution in [3.05, 3.63) is 104 Å². The van der Waals surface area contributed by atoms with E-state index in [0.717, 1.165) is 17.6 Å². The maximum atomic E-state index is 16.2. The van der Waals surface area contributed by atoms with Crippen LogP contribution in [0, 0.1) is 17.8 Å². The minimum Gasteiger partial charge on any atom is -0.482 e. The van der Waals surface area contributed by atoms with Gasteiger partial charge in [-0.15, -0.1) is 0 Å². The van der Waals surface area contributed by atoms with Gasteiger partial charge in [-0.2, -0.15) is 0 Å². The lowest BCUT2D eigenvalue weighted by Gasteiger charge is -2.63. The van der Waals surface area contributed by atoms with Crippen molar-refractivity contribution in [2.24, 2.45) is 23.5 Å². The van der Waals surface area contributed by atoms with Crippen LogP contribution in [0.3, 0.4) is 0 Å². The highest BCUT2D eigenvalue weighted by atomic mass is 16.8. The Hall–Kier alpha value is -5.39. The molecular formula is C59H70N2O13. The summed E-state index contributed by atoms with van der Waals surface area (Å²) in [5, 5.41) is 24.0. The van der Waals surface area contributed by atoms with E-state index in [0.29, 0.717) is 81.1 Å². The van der Waals surface area contributed by atoms with Crippen LogP contribution in [0.1, 0.15) is 128 Å². The van der Waals surface area contributed by atoms with Crippen LogP contribution in [-0.4, -0.2) is 118 Å². The molecule has 0 aromatic heterocycles. The van der Waals surface area contributed by atoms with Crippen LogP contribution >= 0.6 is 0 Å². The number of nitrogens with two attached hydrogens (primary N) is 1. The fourth-order valence-electron chi connectivity index (χ4n) is 13.8. The molecule has 2 aromatic rings. The summed E-state index contributed by atoms with van der Waals surface area (Å²) in [4.78, 5) is 46.7. The molecule has 0 radical (unpaired) electrons. The Kier molecular flexibility index (Phi) is 12.1. The van der Waals surface area contributed by atoms with E-state index in [4.69, 9.17) is 43.6 Å². The van der Waals surface area contributed by atoms with Gasteiger partial charge in [-0.3, -0.25) is 9.59 Å². The number of Topliss-reactive ketones (excluding diaryl/α,β-unsaturated/α-hetero) is 2. The van der Waals surface area contributed by atoms with Gasteiger partial charge in [-0.1, -0.05) is 53.6 Å². The number of carbonyl (C=O) groups excluding carboxylic acids is 3. The van der Waals surface area contributed by atoms with Gasteiger partial charge in [0.2, 0.25) is 6.29 Å². The second-order valence-corrected chi connectivity index (χ2v) is 23.3. The molecule has 2 aromatic carbocycles. The minimum absolute atomic E-state index is 0.0399. The Balaban J connectivity index is 1.24. The summed E-state index contributed by atoms with van der Waals surface area (Å²) < 4.78 is 54.0. The fraction of sp³-hybridized carbons (Fsp3) is 0.542. The Morgan fingerprint density at radius 3 is 2.36 bits per heavy atom. The number of aliphatic hydroxyl groups is 2. The number of allylic oxidation sites excluding steroid dienone is 5. The Morgan fingerprint density at radius 2 is 1.66 bits per heavy atom. The van der Waals surface area contributed by atoms with Crippen molar-refractivity contribution < 1.29 is 62.5 Å². The van der Waals surface area contributed by atoms with Crippen molar-refractivity contribution in [1.29, 1.82) is 0 Å². The van der Waals surface area contributed by atoms with Gasteiger partial charge in [-0.25, -0.2) is 4.79 Å². The Bertz CT molecular complexity index is 2970. The first kappa shape index (κ1) is 50.8. The zero-order valence-corrected chi connectivity index (χ0v) is 44.4. The molecule has 15 nitrogen and oxygen atoms in total. The predicted octanol–water partition coefficient (Wildman–Crippen LogP) is 7.70. The lowest BCUT2D eigenvalue weighted by molar-refractivity contribution is -0.373. The van der Waals surface area contributed by atoms with E-state index in [1.807, 2.05) is 71.0 Å². The quantitative estimate of drug-likeness (QED) is 0.106. The van der Waals surface area contributed by atoms with E-state index in [9.17, 15) is 15.0 Å². The summed E-state index contributed by atoms with van der Waals surface area (Å²) in [5.41, 5.74) is 9.61. The molecule has 3 saturated heterocycles. The van der Waals surface area contributed by atoms with Crippen LogP contribution in [0.25, 0.3) is 17.5 Å². The van der Waals surface area contributed by atoms with Crippen molar-refractivity contribution in [3.63, 3.8) is 0 Å². The van der Waals surface area contributed by atoms with Crippen molar-refractivity contribution in [1.82, 2.24) is 4.90 Å². The zero-order valence-electron chi connectivity index (χ0n) is 44.4. The third kappa shape index (κ3) is 7.27. The first-order valence-corrected chi connectivity index (χ1v) is 26.2. The van der Waals surface area contributed by atoms with Crippen LogP contribution in [0.4, 0.5) is 0 Å². The number of esters is 1. The molecule has 0 amide bonds. The molecule has 4 N–H and O–H groups in total. The number of rotatable bonds is 12. The van der Waals surface area contributed by atoms with Gasteiger partial charge in [0, 0.05) is 70.7 Å². The summed E-state index contributed by atoms with van der Waals surface area (Å²) in [6.07, 6.45) is 5.80. The molecular weight excluding hydrogens is 945 g/mol. The highest BCUT2D eigenvalue weighted by molar-refractivity contribution is 6.23. The lowest BCUT2D eigenvalue weighted by atomic mass is 9.44. The minimum atomic E-state index is -1.71. The van der Waals surface area contributed by atoms with Crippen LogP contribution in [0.15, 0.2) is 76.4 Å². The van der Waals surface area contributed by atoms with Crippen LogP contribution in [0.5, 0.6) is 17.2 Å². The molecule has 11 atom stereocenters. The van der Waals surface area contributed by atoms with Gasteiger partial charge in [0.25, 0.3) is 0 Å². The molecule has 15 heteroatoms. The summed E-state index contributed by atoms with van der Waals surface area (Å²) in [6.45, 7) is 19.8. The van der Waals surface area contributed by atoms with Gasteiger partial charge < -0.3 is 58.7 Å². The van der Waals surface area contributed by atoms with E-state index >= 15 is 9.59 Å². The molecule has 394 valence electrons. The largest absolute Gasteiger partial charge is 0.482 e. The highest BCUT2D eigenvalue weighted by Gasteiger charge is 2.84. The molecule has 74 heavy (non-hydrogen) atoms. The van der Waals surface area contributed by atoms with Crippen molar-refractivity contribution in [3.8, 4) is 17.2 Å². The van der Waals surface area contributed by atoms with Crippen molar-refractivity contribution in [2.75, 3.05) is 26.8 Å². The van der Waals surface area contributed by atoms with Gasteiger partial charge in [-0.05, 0) is 107 Å². The monoisotopic (exact) mass is 1010 g/mol. The van der Waals surface area contributed by atoms with E-state index in [2.05, 4.69) is 30.9 Å². The smallest absolute Gasteiger partial charge is 0.333 e. The standard InChI is InChI=1S/C59H70N2O13/c1-29(2)15-14-22-57(10)23-21-35-48(72-57)34(19-18-30(3)4)50-41(49(35)70-54-47(64)46(63)51-37(69-54)28-68-56(8,9)71-51)44-42-39(40-43(61(44)26-25-60)32-16-12-13-17-33(32)45(40)62)36-27-38-55(6,7)74-58(52(36)65,59(38,42)73-50)24-20-31(5)53(66)67-11/h12-13,15-18,20-21,23,36-39,46-47,51,54,63-64H,14,19,22,24-28,60H2,1-11H3/b31-20-/t36?,37-,38?,39?,46-,47-,51-,54+,57?,58?,59?/m1/s1. The molecule has 6 aliphatic heterocycles. The topological polar surface area (TPSA) is 195 Å². The first-order valence-electron chi connectivity index (χ1n) is 26.2. The second kappa shape index (κ2) is 17.6. The molecule has 12 rings (SSSR count). The average Bonchev–Trinajstić information content (AvgIpc) is 3.91. The van der Waals surface area contributed by atoms with E-state index in [1.165, 1.54) is 12.7 Å². The second-order valence-electron chi connectivity index (χ2n) is 23.3. The average molecular weight is 1020 g/mol. The summed E-state index contributed by atoms with van der Waals surface area (Å²) in [5.74, 6) is -2.84. The normalized spacial score (nSPS) is 34.1. The summed E-state index contributed by atoms with van der Waals surface area (Å²) >= 11 is 0. The Morgan fingerprint density at radius 1 is 0.932 bits per heavy atom. The molecule has 4 aliphatic carbocycles. The van der Waals surface area contributed by atoms with Crippen LogP contribution in [-0.2, 0) is 39.7 Å². The van der Waals surface area contributed by atoms with Crippen LogP contribution < -0.4 is 19.9 Å². The number of nitrogens with zero attached hydrogens (tertiary/aromatic N) is 1. The molecule has 1 spiro atoms. The molecule has 6 fully saturated rings. The number of hydrogen-bond acceptors (Lipinski definition) is 15. The number of methoxy groups -OCH3 is 1. The lowest BCUT2D eigenvalue weighted by Crippen LogP contribution is -2.75. The maximum absolute atomic E-state index is 16.2. The number of aliphatic hydroxyl groups excluding tert-OH is 2.